The van der Waals surface area contributed by atoms with Crippen LogP contribution in [-0.4, -0.2) is 24.9 Å². The van der Waals surface area contributed by atoms with E-state index < -0.39 is 44.1 Å². The third kappa shape index (κ3) is 5.53. The summed E-state index contributed by atoms with van der Waals surface area (Å²) >= 11 is 7.92. The molecule has 19 heavy (non-hydrogen) atoms. The van der Waals surface area contributed by atoms with Crippen molar-refractivity contribution in [3.8, 4) is 12.1 Å². The summed E-state index contributed by atoms with van der Waals surface area (Å²) < 4.78 is 24.1. The van der Waals surface area contributed by atoms with E-state index in [1.54, 1.807) is 0 Å². The minimum Gasteiger partial charge on any atom is -0.750 e. The Morgan fingerprint density at radius 2 is 1.26 bits per heavy atom. The molecule has 0 aromatic carbocycles. The van der Waals surface area contributed by atoms with E-state index in [-0.39, 0.29) is 29.6 Å². The number of halogens is 2. The van der Waals surface area contributed by atoms with Crippen LogP contribution in [0.25, 0.3) is 0 Å². The fourth-order valence-corrected chi connectivity index (χ4v) is 1.22. The summed E-state index contributed by atoms with van der Waals surface area (Å²) in [4.78, 5) is 22.4. The second-order valence-electron chi connectivity index (χ2n) is 2.48. The van der Waals surface area contributed by atoms with Gasteiger partial charge in [0.25, 0.3) is 0 Å². The molecule has 0 aromatic rings. The number of nitrogens with zero attached hydrogens (tertiary/aromatic N) is 2. The molecule has 0 heterocycles. The molecule has 0 bridgehead atoms. The van der Waals surface area contributed by atoms with Crippen LogP contribution in [0.4, 0.5) is 0 Å². The molecular formula is C8HCl2N2NaO5S. The molecule has 1 atom stereocenters. The molecule has 0 saturated heterocycles. The Morgan fingerprint density at radius 3 is 1.42 bits per heavy atom. The second-order valence-corrected chi connectivity index (χ2v) is 3.67. The van der Waals surface area contributed by atoms with Crippen molar-refractivity contribution >= 4 is 46.1 Å². The van der Waals surface area contributed by atoms with Crippen LogP contribution in [0, 0.1) is 22.7 Å². The van der Waals surface area contributed by atoms with Gasteiger partial charge in [-0.2, -0.15) is 10.5 Å². The first-order chi connectivity index (χ1) is 8.27. The monoisotopic (exact) mass is 330 g/mol. The standard InChI is InChI=1S/C8Cl2N2O2.Na.H2O3S/c9-5-6(10)8(14)4(2-12)3(1-11)7(5)13;;1-4(2)3/h;;(H2,1,2,3)/q;+1;/p-1. The van der Waals surface area contributed by atoms with E-state index in [1.807, 2.05) is 0 Å². The molecule has 0 radical (unpaired) electrons. The van der Waals surface area contributed by atoms with Gasteiger partial charge in [-0.15, -0.1) is 0 Å². The summed E-state index contributed by atoms with van der Waals surface area (Å²) in [6.07, 6.45) is 0. The van der Waals surface area contributed by atoms with E-state index in [0.29, 0.717) is 0 Å². The molecule has 1 aliphatic carbocycles. The van der Waals surface area contributed by atoms with Gasteiger partial charge < -0.3 is 9.11 Å². The fourth-order valence-electron chi connectivity index (χ4n) is 0.859. The van der Waals surface area contributed by atoms with Gasteiger partial charge in [0.2, 0.25) is 11.6 Å². The molecule has 1 N–H and O–H groups in total. The number of rotatable bonds is 0. The van der Waals surface area contributed by atoms with Gasteiger partial charge in [-0.05, 0) is 0 Å². The molecule has 0 spiro atoms. The number of ketones is 2. The van der Waals surface area contributed by atoms with Gasteiger partial charge in [-0.25, -0.2) is 4.21 Å². The Hall–Kier alpha value is -0.550. The smallest absolute Gasteiger partial charge is 0.750 e. The van der Waals surface area contributed by atoms with E-state index in [4.69, 9.17) is 47.0 Å². The minimum absolute atomic E-state index is 0. The van der Waals surface area contributed by atoms with Crippen molar-refractivity contribution in [2.75, 3.05) is 0 Å². The number of allylic oxidation sites excluding steroid dienone is 4. The van der Waals surface area contributed by atoms with Crippen LogP contribution in [0.15, 0.2) is 21.2 Å². The van der Waals surface area contributed by atoms with Crippen LogP contribution >= 0.6 is 23.2 Å². The Kier molecular flexibility index (Phi) is 10.2. The van der Waals surface area contributed by atoms with Gasteiger partial charge >= 0.3 is 29.6 Å². The average Bonchev–Trinajstić information content (AvgIpc) is 2.30. The molecular weight excluding hydrogens is 330 g/mol. The van der Waals surface area contributed by atoms with Crippen molar-refractivity contribution in [1.82, 2.24) is 0 Å². The topological polar surface area (TPSA) is 142 Å². The van der Waals surface area contributed by atoms with Crippen molar-refractivity contribution in [3.63, 3.8) is 0 Å². The van der Waals surface area contributed by atoms with Crippen LogP contribution in [0.5, 0.6) is 0 Å². The number of carbonyl (C=O) groups is 2. The SMILES string of the molecule is N#CC1=C(C#N)C(=O)C(Cl)=C(Cl)C1=O.O=S([O-])O.[Na+]. The van der Waals surface area contributed by atoms with E-state index in [9.17, 15) is 9.59 Å². The summed E-state index contributed by atoms with van der Waals surface area (Å²) in [6.45, 7) is 0. The summed E-state index contributed by atoms with van der Waals surface area (Å²) in [7, 11) is 0. The van der Waals surface area contributed by atoms with Gasteiger partial charge in [-0.1, -0.05) is 23.2 Å². The van der Waals surface area contributed by atoms with Gasteiger partial charge in [0.15, 0.2) is 0 Å². The van der Waals surface area contributed by atoms with Crippen molar-refractivity contribution in [3.05, 3.63) is 21.2 Å². The summed E-state index contributed by atoms with van der Waals surface area (Å²) in [5.74, 6) is -1.79. The first-order valence-corrected chi connectivity index (χ1v) is 5.54. The summed E-state index contributed by atoms with van der Waals surface area (Å²) in [5, 5.41) is 16.0. The average molecular weight is 331 g/mol. The molecule has 94 valence electrons. The van der Waals surface area contributed by atoms with Gasteiger partial charge in [0.05, 0.1) is 11.4 Å². The van der Waals surface area contributed by atoms with E-state index in [0.717, 1.165) is 0 Å². The van der Waals surface area contributed by atoms with Crippen molar-refractivity contribution in [2.24, 2.45) is 0 Å². The van der Waals surface area contributed by atoms with E-state index in [2.05, 4.69) is 0 Å². The molecule has 0 aromatic heterocycles. The normalized spacial score (nSPS) is 15.7. The number of nitriles is 2. The zero-order valence-electron chi connectivity index (χ0n) is 9.14. The van der Waals surface area contributed by atoms with E-state index >= 15 is 0 Å². The number of hydrogen-bond acceptors (Lipinski definition) is 6. The number of hydrogen-bond donors (Lipinski definition) is 1. The Balaban J connectivity index is 0. The Labute approximate surface area is 141 Å². The largest absolute Gasteiger partial charge is 1.00 e. The molecule has 1 unspecified atom stereocenters. The second kappa shape index (κ2) is 9.37. The maximum absolute atomic E-state index is 11.2. The number of carbonyl (C=O) groups excluding carboxylic acids is 2. The van der Waals surface area contributed by atoms with Crippen LogP contribution < -0.4 is 29.6 Å². The third-order valence-corrected chi connectivity index (χ3v) is 2.34. The molecule has 11 heteroatoms. The van der Waals surface area contributed by atoms with Crippen LogP contribution in [0.1, 0.15) is 0 Å². The van der Waals surface area contributed by atoms with Crippen LogP contribution in [0.2, 0.25) is 0 Å². The van der Waals surface area contributed by atoms with Crippen molar-refractivity contribution < 1.29 is 52.5 Å². The predicted molar refractivity (Wildman–Crippen MR) is 58.5 cm³/mol. The first-order valence-electron chi connectivity index (χ1n) is 3.75. The first kappa shape index (κ1) is 20.8. The zero-order valence-corrected chi connectivity index (χ0v) is 13.5. The Morgan fingerprint density at radius 1 is 1.05 bits per heavy atom. The molecule has 0 aliphatic heterocycles. The van der Waals surface area contributed by atoms with Gasteiger partial charge in [0, 0.05) is 0 Å². The molecule has 1 aliphatic rings. The van der Waals surface area contributed by atoms with E-state index in [1.165, 1.54) is 12.1 Å². The molecule has 0 saturated carbocycles. The maximum Gasteiger partial charge on any atom is 1.00 e. The van der Waals surface area contributed by atoms with Crippen molar-refractivity contribution in [1.29, 1.82) is 10.5 Å². The maximum atomic E-state index is 11.2. The molecule has 0 amide bonds. The third-order valence-electron chi connectivity index (χ3n) is 1.52. The van der Waals surface area contributed by atoms with Crippen LogP contribution in [0.3, 0.4) is 0 Å². The Bertz CT molecular complexity index is 539. The minimum atomic E-state index is -2.86. The molecule has 7 nitrogen and oxygen atoms in total. The zero-order chi connectivity index (χ0) is 14.5. The van der Waals surface area contributed by atoms with Crippen molar-refractivity contribution in [2.45, 2.75) is 0 Å². The summed E-state index contributed by atoms with van der Waals surface area (Å²) in [5.41, 5.74) is -1.13. The predicted octanol–water partition coefficient (Wildman–Crippen LogP) is -2.49. The van der Waals surface area contributed by atoms with Crippen LogP contribution in [-0.2, 0) is 21.0 Å². The number of Topliss-reactive ketones (excluding diaryl/α,β-unsaturated/α-hetero) is 2. The quantitative estimate of drug-likeness (QED) is 0.294. The molecule has 0 fully saturated rings. The fraction of sp³-hybridized carbons (Fsp3) is 0. The van der Waals surface area contributed by atoms with Gasteiger partial charge in [-0.3, -0.25) is 9.59 Å². The van der Waals surface area contributed by atoms with Gasteiger partial charge in [0.1, 0.15) is 33.3 Å². The molecule has 1 rings (SSSR count). The summed E-state index contributed by atoms with van der Waals surface area (Å²) in [6, 6.07) is 2.89.